The zero-order valence-electron chi connectivity index (χ0n) is 20.3. The van der Waals surface area contributed by atoms with E-state index < -0.39 is 0 Å². The first-order valence-corrected chi connectivity index (χ1v) is 12.5. The Morgan fingerprint density at radius 3 is 2.63 bits per heavy atom. The Morgan fingerprint density at radius 1 is 1.06 bits per heavy atom. The maximum absolute atomic E-state index is 15.3. The molecule has 8 heteroatoms. The summed E-state index contributed by atoms with van der Waals surface area (Å²) in [6, 6.07) is 4.07. The second-order valence-electron chi connectivity index (χ2n) is 9.97. The molecule has 5 heterocycles. The van der Waals surface area contributed by atoms with Crippen molar-refractivity contribution in [3.8, 4) is 22.4 Å². The highest BCUT2D eigenvalue weighted by Crippen LogP contribution is 2.35. The first-order valence-electron chi connectivity index (χ1n) is 12.5. The van der Waals surface area contributed by atoms with E-state index in [9.17, 15) is 0 Å². The summed E-state index contributed by atoms with van der Waals surface area (Å²) in [5.74, 6) is 0.0474. The summed E-state index contributed by atoms with van der Waals surface area (Å²) in [6.45, 7) is 5.55. The van der Waals surface area contributed by atoms with Gasteiger partial charge in [-0.2, -0.15) is 5.10 Å². The fraction of sp³-hybridized carbons (Fsp3) is 0.444. The average molecular weight is 475 g/mol. The van der Waals surface area contributed by atoms with Gasteiger partial charge >= 0.3 is 0 Å². The van der Waals surface area contributed by atoms with E-state index in [0.717, 1.165) is 72.1 Å². The summed E-state index contributed by atoms with van der Waals surface area (Å²) in [5.41, 5.74) is 6.66. The number of aryl methyl sites for hydroxylation is 1. The quantitative estimate of drug-likeness (QED) is 0.446. The summed E-state index contributed by atoms with van der Waals surface area (Å²) >= 11 is 0. The molecule has 4 aromatic rings. The molecular formula is C27H31FN6O. The number of benzene rings is 1. The van der Waals surface area contributed by atoms with E-state index >= 15 is 4.39 Å². The number of nitrogens with zero attached hydrogens (tertiary/aromatic N) is 5. The van der Waals surface area contributed by atoms with E-state index in [4.69, 9.17) is 9.72 Å². The number of H-pyrrole nitrogens is 1. The van der Waals surface area contributed by atoms with Crippen LogP contribution in [0.25, 0.3) is 33.5 Å². The van der Waals surface area contributed by atoms with Crippen molar-refractivity contribution in [1.29, 1.82) is 0 Å². The molecule has 0 spiro atoms. The van der Waals surface area contributed by atoms with Crippen molar-refractivity contribution >= 4 is 11.2 Å². The maximum atomic E-state index is 15.3. The molecule has 1 N–H and O–H groups in total. The number of rotatable bonds is 4. The van der Waals surface area contributed by atoms with Gasteiger partial charge in [0, 0.05) is 42.3 Å². The normalized spacial score (nSPS) is 18.5. The molecular weight excluding hydrogens is 443 g/mol. The predicted octanol–water partition coefficient (Wildman–Crippen LogP) is 5.10. The lowest BCUT2D eigenvalue weighted by Crippen LogP contribution is -2.31. The van der Waals surface area contributed by atoms with Crippen LogP contribution in [0, 0.1) is 12.7 Å². The number of hydrogen-bond acceptors (Lipinski definition) is 5. The van der Waals surface area contributed by atoms with Gasteiger partial charge in [-0.15, -0.1) is 0 Å². The van der Waals surface area contributed by atoms with Crippen LogP contribution in [0.5, 0.6) is 0 Å². The smallest absolute Gasteiger partial charge is 0.156 e. The van der Waals surface area contributed by atoms with Gasteiger partial charge in [0.1, 0.15) is 11.3 Å². The number of fused-ring (bicyclic) bond motifs is 1. The first kappa shape index (κ1) is 22.4. The zero-order valence-corrected chi connectivity index (χ0v) is 20.3. The Bertz CT molecular complexity index is 1320. The Labute approximate surface area is 204 Å². The Hall–Kier alpha value is -3.10. The summed E-state index contributed by atoms with van der Waals surface area (Å²) in [7, 11) is 2.17. The fourth-order valence-electron chi connectivity index (χ4n) is 5.59. The molecule has 0 unspecified atom stereocenters. The molecule has 6 rings (SSSR count). The molecule has 3 aromatic heterocycles. The molecule has 2 fully saturated rings. The van der Waals surface area contributed by atoms with E-state index in [0.29, 0.717) is 30.6 Å². The molecule has 35 heavy (non-hydrogen) atoms. The number of aromatic nitrogens is 5. The monoisotopic (exact) mass is 474 g/mol. The van der Waals surface area contributed by atoms with Gasteiger partial charge in [-0.1, -0.05) is 0 Å². The Balaban J connectivity index is 1.32. The molecule has 0 saturated carbocycles. The predicted molar refractivity (Wildman–Crippen MR) is 134 cm³/mol. The van der Waals surface area contributed by atoms with Crippen LogP contribution in [-0.4, -0.2) is 63.0 Å². The van der Waals surface area contributed by atoms with Crippen molar-refractivity contribution in [3.63, 3.8) is 0 Å². The third kappa shape index (κ3) is 4.25. The van der Waals surface area contributed by atoms with Crippen molar-refractivity contribution in [3.05, 3.63) is 53.9 Å². The minimum atomic E-state index is -0.164. The molecule has 0 amide bonds. The number of halogens is 1. The highest BCUT2D eigenvalue weighted by atomic mass is 19.1. The topological polar surface area (TPSA) is 71.9 Å². The molecule has 0 bridgehead atoms. The van der Waals surface area contributed by atoms with Crippen molar-refractivity contribution in [2.24, 2.45) is 0 Å². The number of ether oxygens (including phenoxy) is 1. The number of likely N-dealkylation sites (tertiary alicyclic amines) is 1. The van der Waals surface area contributed by atoms with Crippen LogP contribution in [0.1, 0.15) is 48.8 Å². The summed E-state index contributed by atoms with van der Waals surface area (Å²) in [4.78, 5) is 15.1. The van der Waals surface area contributed by atoms with Crippen molar-refractivity contribution < 1.29 is 9.13 Å². The summed E-state index contributed by atoms with van der Waals surface area (Å²) in [5, 5.41) is 4.66. The van der Waals surface area contributed by atoms with Gasteiger partial charge in [0.15, 0.2) is 5.65 Å². The molecule has 0 atom stereocenters. The fourth-order valence-corrected chi connectivity index (χ4v) is 5.59. The first-order chi connectivity index (χ1) is 17.1. The van der Waals surface area contributed by atoms with E-state index in [2.05, 4.69) is 37.9 Å². The zero-order chi connectivity index (χ0) is 23.9. The van der Waals surface area contributed by atoms with Gasteiger partial charge in [0.05, 0.1) is 24.1 Å². The lowest BCUT2D eigenvalue weighted by molar-refractivity contribution is 0.0845. The van der Waals surface area contributed by atoms with Gasteiger partial charge in [0.25, 0.3) is 0 Å². The SMILES string of the molecule is Cc1cc(-c2cnc3[nH]cc(-c4cnn(C5CCN(C)CC5)c4)c3n2)cc(F)c1C1CCOCC1. The van der Waals surface area contributed by atoms with Gasteiger partial charge in [0.2, 0.25) is 0 Å². The number of aromatic amines is 1. The highest BCUT2D eigenvalue weighted by Gasteiger charge is 2.23. The van der Waals surface area contributed by atoms with Crippen LogP contribution in [0.4, 0.5) is 4.39 Å². The van der Waals surface area contributed by atoms with E-state index in [1.807, 2.05) is 25.4 Å². The van der Waals surface area contributed by atoms with Crippen LogP contribution < -0.4 is 0 Å². The van der Waals surface area contributed by atoms with E-state index in [1.54, 1.807) is 12.3 Å². The molecule has 7 nitrogen and oxygen atoms in total. The molecule has 2 aliphatic rings. The third-order valence-electron chi connectivity index (χ3n) is 7.62. The second-order valence-corrected chi connectivity index (χ2v) is 9.97. The van der Waals surface area contributed by atoms with Gasteiger partial charge in [-0.05, 0) is 81.9 Å². The Morgan fingerprint density at radius 2 is 1.86 bits per heavy atom. The van der Waals surface area contributed by atoms with Crippen molar-refractivity contribution in [2.75, 3.05) is 33.4 Å². The van der Waals surface area contributed by atoms with Gasteiger partial charge in [-0.3, -0.25) is 4.68 Å². The minimum absolute atomic E-state index is 0.164. The van der Waals surface area contributed by atoms with Crippen LogP contribution in [0.3, 0.4) is 0 Å². The number of nitrogens with one attached hydrogen (secondary N) is 1. The molecule has 2 saturated heterocycles. The second kappa shape index (κ2) is 9.17. The molecule has 0 aliphatic carbocycles. The molecule has 182 valence electrons. The van der Waals surface area contributed by atoms with Gasteiger partial charge < -0.3 is 14.6 Å². The highest BCUT2D eigenvalue weighted by molar-refractivity contribution is 5.91. The van der Waals surface area contributed by atoms with E-state index in [1.165, 1.54) is 0 Å². The van der Waals surface area contributed by atoms with Gasteiger partial charge in [-0.25, -0.2) is 14.4 Å². The van der Waals surface area contributed by atoms with Crippen molar-refractivity contribution in [1.82, 2.24) is 29.6 Å². The lowest BCUT2D eigenvalue weighted by Gasteiger charge is -2.28. The Kier molecular flexibility index (Phi) is 5.86. The summed E-state index contributed by atoms with van der Waals surface area (Å²) in [6.07, 6.45) is 11.6. The molecule has 2 aliphatic heterocycles. The third-order valence-corrected chi connectivity index (χ3v) is 7.62. The van der Waals surface area contributed by atoms with Crippen molar-refractivity contribution in [2.45, 2.75) is 44.6 Å². The maximum Gasteiger partial charge on any atom is 0.156 e. The summed E-state index contributed by atoms with van der Waals surface area (Å²) < 4.78 is 22.8. The average Bonchev–Trinajstić information content (AvgIpc) is 3.51. The minimum Gasteiger partial charge on any atom is -0.381 e. The largest absolute Gasteiger partial charge is 0.381 e. The standard InChI is InChI=1S/C27H31FN6O/c1-17-11-19(12-23(28)25(17)18-5-9-35-10-6-18)24-15-30-27-26(32-24)22(14-29-27)20-13-31-34(16-20)21-3-7-33(2)8-4-21/h11-16,18,21H,3-10H2,1-2H3,(H,29,30). The van der Waals surface area contributed by atoms with Crippen LogP contribution >= 0.6 is 0 Å². The van der Waals surface area contributed by atoms with E-state index in [-0.39, 0.29) is 11.7 Å². The molecule has 1 aromatic carbocycles. The lowest BCUT2D eigenvalue weighted by atomic mass is 9.87. The molecule has 0 radical (unpaired) electrons. The van der Waals surface area contributed by atoms with Crippen LogP contribution in [0.15, 0.2) is 36.9 Å². The van der Waals surface area contributed by atoms with Crippen LogP contribution in [-0.2, 0) is 4.74 Å². The van der Waals surface area contributed by atoms with Crippen LogP contribution in [0.2, 0.25) is 0 Å². The number of piperidine rings is 1. The number of hydrogen-bond donors (Lipinski definition) is 1.